The summed E-state index contributed by atoms with van der Waals surface area (Å²) in [5.74, 6) is 0. The quantitative estimate of drug-likeness (QED) is 0.624. The lowest BCUT2D eigenvalue weighted by Crippen LogP contribution is -2.30. The van der Waals surface area contributed by atoms with Gasteiger partial charge in [-0.05, 0) is 43.5 Å². The minimum atomic E-state index is -0.172. The van der Waals surface area contributed by atoms with Gasteiger partial charge >= 0.3 is 0 Å². The summed E-state index contributed by atoms with van der Waals surface area (Å²) in [5.41, 5.74) is 4.73. The Balaban J connectivity index is 2.14. The molecule has 22 heavy (non-hydrogen) atoms. The molecule has 0 aliphatic carbocycles. The van der Waals surface area contributed by atoms with Gasteiger partial charge < -0.3 is 4.90 Å². The highest BCUT2D eigenvalue weighted by Crippen LogP contribution is 2.49. The average molecular weight is 291 g/mol. The molecule has 0 radical (unpaired) electrons. The molecule has 0 spiro atoms. The first-order valence-corrected chi connectivity index (χ1v) is 7.77. The van der Waals surface area contributed by atoms with Gasteiger partial charge in [0.15, 0.2) is 0 Å². The zero-order valence-corrected chi connectivity index (χ0v) is 13.1. The average Bonchev–Trinajstić information content (AvgIpc) is 2.78. The Hall–Kier alpha value is -2.35. The number of rotatable bonds is 4. The summed E-state index contributed by atoms with van der Waals surface area (Å²) in [6.07, 6.45) is 3.53. The molecule has 112 valence electrons. The van der Waals surface area contributed by atoms with Gasteiger partial charge in [0.05, 0.1) is 0 Å². The predicted molar refractivity (Wildman–Crippen MR) is 91.1 cm³/mol. The fourth-order valence-electron chi connectivity index (χ4n) is 3.61. The van der Waals surface area contributed by atoms with Crippen LogP contribution < -0.4 is 4.90 Å². The number of nitrogens with zero attached hydrogens (tertiary/aromatic N) is 1. The molecule has 1 atom stereocenters. The zero-order valence-electron chi connectivity index (χ0n) is 13.1. The number of anilines is 1. The molecule has 0 saturated carbocycles. The first-order chi connectivity index (χ1) is 10.7. The highest BCUT2D eigenvalue weighted by Gasteiger charge is 2.42. The second-order valence-electron chi connectivity index (χ2n) is 5.94. The van der Waals surface area contributed by atoms with Crippen LogP contribution >= 0.6 is 0 Å². The van der Waals surface area contributed by atoms with E-state index in [0.717, 1.165) is 24.9 Å². The second kappa shape index (κ2) is 5.80. The van der Waals surface area contributed by atoms with Crippen molar-refractivity contribution in [2.24, 2.45) is 0 Å². The van der Waals surface area contributed by atoms with Gasteiger partial charge in [0.2, 0.25) is 0 Å². The Kier molecular flexibility index (Phi) is 3.84. The van der Waals surface area contributed by atoms with Crippen LogP contribution in [-0.4, -0.2) is 12.8 Å². The molecule has 0 fully saturated rings. The summed E-state index contributed by atoms with van der Waals surface area (Å²) in [6, 6.07) is 19.0. The molecule has 0 N–H and O–H groups in total. The number of fused-ring (bicyclic) bond motifs is 1. The van der Waals surface area contributed by atoms with E-state index in [1.807, 2.05) is 6.07 Å². The minimum absolute atomic E-state index is 0.172. The third kappa shape index (κ3) is 2.25. The van der Waals surface area contributed by atoms with Gasteiger partial charge in [-0.25, -0.2) is 0 Å². The molecule has 1 aliphatic rings. The molecule has 0 saturated heterocycles. The molecule has 0 bridgehead atoms. The Bertz CT molecular complexity index is 705. The lowest BCUT2D eigenvalue weighted by Gasteiger charge is -2.29. The molecule has 1 unspecified atom stereocenters. The maximum Gasteiger partial charge on any atom is 0.144 e. The van der Waals surface area contributed by atoms with Crippen LogP contribution in [0.3, 0.4) is 0 Å². The number of likely N-dealkylation sites (N-methyl/N-ethyl adjacent to an activating group) is 1. The van der Waals surface area contributed by atoms with Crippen molar-refractivity contribution in [3.63, 3.8) is 0 Å². The van der Waals surface area contributed by atoms with Gasteiger partial charge in [0.1, 0.15) is 6.29 Å². The molecule has 2 aromatic rings. The van der Waals surface area contributed by atoms with Crippen molar-refractivity contribution in [3.8, 4) is 0 Å². The Labute approximate surface area is 132 Å². The minimum Gasteiger partial charge on any atom is -0.344 e. The fraction of sp³-hybridized carbons (Fsp3) is 0.250. The van der Waals surface area contributed by atoms with Gasteiger partial charge in [-0.2, -0.15) is 0 Å². The number of benzene rings is 2. The van der Waals surface area contributed by atoms with Crippen LogP contribution in [0.25, 0.3) is 0 Å². The maximum atomic E-state index is 11.2. The number of hydrogen-bond acceptors (Lipinski definition) is 2. The highest BCUT2D eigenvalue weighted by molar-refractivity contribution is 5.77. The molecule has 2 heteroatoms. The fourth-order valence-corrected chi connectivity index (χ4v) is 3.61. The van der Waals surface area contributed by atoms with E-state index in [1.165, 1.54) is 16.8 Å². The zero-order chi connectivity index (χ0) is 15.6. The summed E-state index contributed by atoms with van der Waals surface area (Å²) in [5, 5.41) is 0. The van der Waals surface area contributed by atoms with E-state index in [0.29, 0.717) is 0 Å². The number of carbonyl (C=O) groups excluding carboxylic acids is 1. The van der Waals surface area contributed by atoms with Crippen molar-refractivity contribution in [3.05, 3.63) is 77.5 Å². The highest BCUT2D eigenvalue weighted by atomic mass is 16.1. The Morgan fingerprint density at radius 1 is 1.05 bits per heavy atom. The van der Waals surface area contributed by atoms with E-state index in [-0.39, 0.29) is 5.41 Å². The van der Waals surface area contributed by atoms with Gasteiger partial charge in [-0.3, -0.25) is 4.79 Å². The van der Waals surface area contributed by atoms with Crippen LogP contribution in [-0.2, 0) is 16.6 Å². The first kappa shape index (κ1) is 14.6. The molecule has 3 rings (SSSR count). The van der Waals surface area contributed by atoms with Crippen molar-refractivity contribution in [1.82, 2.24) is 0 Å². The van der Waals surface area contributed by atoms with E-state index in [4.69, 9.17) is 0 Å². The van der Waals surface area contributed by atoms with E-state index in [2.05, 4.69) is 67.3 Å². The number of para-hydroxylation sites is 1. The Morgan fingerprint density at radius 2 is 1.73 bits per heavy atom. The number of allylic oxidation sites excluding steroid dienone is 2. The monoisotopic (exact) mass is 291 g/mol. The summed E-state index contributed by atoms with van der Waals surface area (Å²) < 4.78 is 0. The third-order valence-electron chi connectivity index (χ3n) is 4.59. The summed E-state index contributed by atoms with van der Waals surface area (Å²) in [6.45, 7) is 5.23. The van der Waals surface area contributed by atoms with Crippen molar-refractivity contribution in [2.75, 3.05) is 11.4 Å². The van der Waals surface area contributed by atoms with Crippen LogP contribution in [0.5, 0.6) is 0 Å². The van der Waals surface area contributed by atoms with Gasteiger partial charge in [0, 0.05) is 23.3 Å². The molecule has 0 aromatic heterocycles. The van der Waals surface area contributed by atoms with Crippen LogP contribution in [0.2, 0.25) is 0 Å². The molecule has 2 aromatic carbocycles. The third-order valence-corrected chi connectivity index (χ3v) is 4.59. The molecular weight excluding hydrogens is 270 g/mol. The SMILES string of the molecule is CCN1C(=CC=O)C(C)(Cc2ccccc2)c2ccccc21. The standard InChI is InChI=1S/C20H21NO/c1-3-21-18-12-8-7-11-17(18)20(2,19(21)13-14-22)15-16-9-5-4-6-10-16/h4-14H,3,15H2,1-2H3. The van der Waals surface area contributed by atoms with Crippen LogP contribution in [0, 0.1) is 0 Å². The second-order valence-corrected chi connectivity index (χ2v) is 5.94. The molecule has 0 amide bonds. The van der Waals surface area contributed by atoms with Crippen LogP contribution in [0.1, 0.15) is 25.0 Å². The van der Waals surface area contributed by atoms with Crippen molar-refractivity contribution < 1.29 is 4.79 Å². The summed E-state index contributed by atoms with van der Waals surface area (Å²) >= 11 is 0. The molecule has 1 aliphatic heterocycles. The smallest absolute Gasteiger partial charge is 0.144 e. The lowest BCUT2D eigenvalue weighted by molar-refractivity contribution is -0.104. The van der Waals surface area contributed by atoms with Crippen LogP contribution in [0.15, 0.2) is 66.4 Å². The first-order valence-electron chi connectivity index (χ1n) is 7.77. The van der Waals surface area contributed by atoms with Gasteiger partial charge in [0.25, 0.3) is 0 Å². The van der Waals surface area contributed by atoms with Crippen LogP contribution in [0.4, 0.5) is 5.69 Å². The van der Waals surface area contributed by atoms with E-state index >= 15 is 0 Å². The van der Waals surface area contributed by atoms with Crippen molar-refractivity contribution >= 4 is 12.0 Å². The number of aldehydes is 1. The summed E-state index contributed by atoms with van der Waals surface area (Å²) in [7, 11) is 0. The molecule has 1 heterocycles. The lowest BCUT2D eigenvalue weighted by atomic mass is 9.76. The van der Waals surface area contributed by atoms with Crippen molar-refractivity contribution in [2.45, 2.75) is 25.7 Å². The predicted octanol–water partition coefficient (Wildman–Crippen LogP) is 4.11. The maximum absolute atomic E-state index is 11.2. The van der Waals surface area contributed by atoms with E-state index in [9.17, 15) is 4.79 Å². The molecule has 2 nitrogen and oxygen atoms in total. The topological polar surface area (TPSA) is 20.3 Å². The number of carbonyl (C=O) groups is 1. The van der Waals surface area contributed by atoms with Gasteiger partial charge in [-0.15, -0.1) is 0 Å². The largest absolute Gasteiger partial charge is 0.344 e. The van der Waals surface area contributed by atoms with E-state index < -0.39 is 0 Å². The van der Waals surface area contributed by atoms with E-state index in [1.54, 1.807) is 6.08 Å². The van der Waals surface area contributed by atoms with Gasteiger partial charge in [-0.1, -0.05) is 48.5 Å². The Morgan fingerprint density at radius 3 is 2.41 bits per heavy atom. The molecular formula is C20H21NO. The summed E-state index contributed by atoms with van der Waals surface area (Å²) in [4.78, 5) is 13.5. The number of hydrogen-bond donors (Lipinski definition) is 0. The normalized spacial score (nSPS) is 21.9. The van der Waals surface area contributed by atoms with Crippen molar-refractivity contribution in [1.29, 1.82) is 0 Å².